The minimum Gasteiger partial charge on any atom is -0.478 e. The summed E-state index contributed by atoms with van der Waals surface area (Å²) in [5.74, 6) is -0.915. The quantitative estimate of drug-likeness (QED) is 0.519. The number of H-pyrrole nitrogens is 1. The van der Waals surface area contributed by atoms with E-state index in [0.29, 0.717) is 22.1 Å². The van der Waals surface area contributed by atoms with Crippen molar-refractivity contribution in [1.82, 2.24) is 15.0 Å². The Morgan fingerprint density at radius 3 is 2.83 bits per heavy atom. The number of halogens is 2. The Morgan fingerprint density at radius 2 is 2.12 bits per heavy atom. The number of carboxylic acids is 1. The number of aromatic amines is 1. The summed E-state index contributed by atoms with van der Waals surface area (Å²) in [6.07, 6.45) is 1.59. The molecule has 122 valence electrons. The van der Waals surface area contributed by atoms with Gasteiger partial charge in [0.05, 0.1) is 20.5 Å². The lowest BCUT2D eigenvalue weighted by Gasteiger charge is -2.06. The van der Waals surface area contributed by atoms with E-state index in [2.05, 4.69) is 37.5 Å². The number of nitrogens with one attached hydrogen (secondary N) is 1. The van der Waals surface area contributed by atoms with Gasteiger partial charge in [0, 0.05) is 16.8 Å². The van der Waals surface area contributed by atoms with Crippen molar-refractivity contribution < 1.29 is 9.90 Å². The number of hydrogen-bond donors (Lipinski definition) is 3. The molecule has 0 aliphatic rings. The highest BCUT2D eigenvalue weighted by Crippen LogP contribution is 2.33. The van der Waals surface area contributed by atoms with Crippen molar-refractivity contribution in [3.63, 3.8) is 0 Å². The summed E-state index contributed by atoms with van der Waals surface area (Å²) in [6, 6.07) is 6.88. The van der Waals surface area contributed by atoms with Gasteiger partial charge in [0.15, 0.2) is 0 Å². The summed E-state index contributed by atoms with van der Waals surface area (Å²) in [5, 5.41) is 10.1. The van der Waals surface area contributed by atoms with E-state index in [9.17, 15) is 9.90 Å². The second-order valence-corrected chi connectivity index (χ2v) is 6.76. The molecule has 0 atom stereocenters. The highest BCUT2D eigenvalue weighted by atomic mass is 127. The van der Waals surface area contributed by atoms with Gasteiger partial charge in [-0.3, -0.25) is 0 Å². The first-order valence-corrected chi connectivity index (χ1v) is 8.33. The molecule has 6 nitrogen and oxygen atoms in total. The summed E-state index contributed by atoms with van der Waals surface area (Å²) in [6.45, 7) is 1.89. The van der Waals surface area contributed by atoms with E-state index in [4.69, 9.17) is 17.3 Å². The molecule has 3 rings (SSSR count). The smallest absolute Gasteiger partial charge is 0.337 e. The van der Waals surface area contributed by atoms with E-state index >= 15 is 0 Å². The van der Waals surface area contributed by atoms with Crippen LogP contribution in [0.3, 0.4) is 0 Å². The molecule has 24 heavy (non-hydrogen) atoms. The second-order valence-electron chi connectivity index (χ2n) is 5.16. The maximum atomic E-state index is 11.7. The third-order valence-electron chi connectivity index (χ3n) is 3.53. The lowest BCUT2D eigenvalue weighted by atomic mass is 10.0. The second kappa shape index (κ2) is 6.40. The molecule has 0 aliphatic heterocycles. The first-order chi connectivity index (χ1) is 11.4. The third-order valence-corrected chi connectivity index (χ3v) is 4.56. The standard InChI is InChI=1S/C16H12ClIN4O2/c1-7-2-3-8(17)4-9(7)13-10(15(23)24)5-12(21-13)14-11(18)6-20-16(19)22-14/h2-6,21H,1H3,(H,23,24)(H2,19,20,22). The fourth-order valence-electron chi connectivity index (χ4n) is 2.40. The van der Waals surface area contributed by atoms with Crippen molar-refractivity contribution >= 4 is 46.1 Å². The van der Waals surface area contributed by atoms with Crippen molar-refractivity contribution in [1.29, 1.82) is 0 Å². The van der Waals surface area contributed by atoms with Crippen molar-refractivity contribution in [2.45, 2.75) is 6.92 Å². The Hall–Kier alpha value is -2.13. The number of nitrogens with two attached hydrogens (primary N) is 1. The van der Waals surface area contributed by atoms with Crippen molar-refractivity contribution in [3.8, 4) is 22.6 Å². The Morgan fingerprint density at radius 1 is 1.38 bits per heavy atom. The van der Waals surface area contributed by atoms with Gasteiger partial charge < -0.3 is 15.8 Å². The highest BCUT2D eigenvalue weighted by molar-refractivity contribution is 14.1. The average molecular weight is 455 g/mol. The summed E-state index contributed by atoms with van der Waals surface area (Å²) in [5.41, 5.74) is 9.01. The number of hydrogen-bond acceptors (Lipinski definition) is 4. The number of carboxylic acid groups (broad SMARTS) is 1. The molecule has 2 aromatic heterocycles. The zero-order valence-corrected chi connectivity index (χ0v) is 15.4. The number of anilines is 1. The van der Waals surface area contributed by atoms with Gasteiger partial charge >= 0.3 is 5.97 Å². The average Bonchev–Trinajstić information content (AvgIpc) is 2.97. The first-order valence-electron chi connectivity index (χ1n) is 6.88. The number of nitrogen functional groups attached to an aromatic ring is 1. The summed E-state index contributed by atoms with van der Waals surface area (Å²) in [4.78, 5) is 22.9. The number of carbonyl (C=O) groups is 1. The normalized spacial score (nSPS) is 10.8. The van der Waals surface area contributed by atoms with Gasteiger partial charge in [-0.25, -0.2) is 14.8 Å². The van der Waals surface area contributed by atoms with Gasteiger partial charge in [-0.05, 0) is 53.3 Å². The van der Waals surface area contributed by atoms with E-state index in [-0.39, 0.29) is 11.5 Å². The zero-order chi connectivity index (χ0) is 17.4. The predicted octanol–water partition coefficient (Wildman–Crippen LogP) is 3.99. The summed E-state index contributed by atoms with van der Waals surface area (Å²) >= 11 is 8.15. The SMILES string of the molecule is Cc1ccc(Cl)cc1-c1[nH]c(-c2nc(N)ncc2I)cc1C(=O)O. The van der Waals surface area contributed by atoms with Crippen LogP contribution in [0.1, 0.15) is 15.9 Å². The van der Waals surface area contributed by atoms with Crippen LogP contribution in [0.4, 0.5) is 5.95 Å². The van der Waals surface area contributed by atoms with Gasteiger partial charge in [-0.1, -0.05) is 17.7 Å². The summed E-state index contributed by atoms with van der Waals surface area (Å²) in [7, 11) is 0. The van der Waals surface area contributed by atoms with E-state index in [1.54, 1.807) is 24.4 Å². The molecule has 0 saturated carbocycles. The van der Waals surface area contributed by atoms with Crippen LogP contribution in [0.5, 0.6) is 0 Å². The number of rotatable bonds is 3. The van der Waals surface area contributed by atoms with Crippen LogP contribution in [0.25, 0.3) is 22.6 Å². The molecule has 0 bridgehead atoms. The number of nitrogens with zero attached hydrogens (tertiary/aromatic N) is 2. The zero-order valence-electron chi connectivity index (χ0n) is 12.5. The van der Waals surface area contributed by atoms with Crippen LogP contribution in [0.15, 0.2) is 30.5 Å². The van der Waals surface area contributed by atoms with E-state index < -0.39 is 5.97 Å². The maximum Gasteiger partial charge on any atom is 0.337 e. The highest BCUT2D eigenvalue weighted by Gasteiger charge is 2.20. The van der Waals surface area contributed by atoms with Gasteiger partial charge in [-0.2, -0.15) is 0 Å². The monoisotopic (exact) mass is 454 g/mol. The molecule has 1 aromatic carbocycles. The molecule has 2 heterocycles. The molecular formula is C16H12ClIN4O2. The number of aromatic nitrogens is 3. The molecule has 0 spiro atoms. The molecular weight excluding hydrogens is 443 g/mol. The van der Waals surface area contributed by atoms with Crippen molar-refractivity contribution in [2.24, 2.45) is 0 Å². The van der Waals surface area contributed by atoms with Crippen molar-refractivity contribution in [2.75, 3.05) is 5.73 Å². The topological polar surface area (TPSA) is 105 Å². The molecule has 3 aromatic rings. The lowest BCUT2D eigenvalue weighted by Crippen LogP contribution is -1.98. The van der Waals surface area contributed by atoms with Gasteiger partial charge in [0.25, 0.3) is 0 Å². The Balaban J connectivity index is 2.24. The van der Waals surface area contributed by atoms with Crippen molar-refractivity contribution in [3.05, 3.63) is 50.2 Å². The Labute approximate surface area is 156 Å². The van der Waals surface area contributed by atoms with Gasteiger partial charge in [0.1, 0.15) is 5.69 Å². The largest absolute Gasteiger partial charge is 0.478 e. The fraction of sp³-hybridized carbons (Fsp3) is 0.0625. The van der Waals surface area contributed by atoms with Crippen LogP contribution < -0.4 is 5.73 Å². The molecule has 0 fully saturated rings. The molecule has 0 amide bonds. The minimum absolute atomic E-state index is 0.123. The van der Waals surface area contributed by atoms with Crippen LogP contribution in [0, 0.1) is 10.5 Å². The Bertz CT molecular complexity index is 955. The molecule has 8 heteroatoms. The van der Waals surface area contributed by atoms with Gasteiger partial charge in [-0.15, -0.1) is 0 Å². The van der Waals surface area contributed by atoms with Crippen LogP contribution in [0.2, 0.25) is 5.02 Å². The molecule has 0 unspecified atom stereocenters. The Kier molecular flexibility index (Phi) is 4.46. The van der Waals surface area contributed by atoms with E-state index in [0.717, 1.165) is 14.7 Å². The number of aryl methyl sites for hydroxylation is 1. The lowest BCUT2D eigenvalue weighted by molar-refractivity contribution is 0.0698. The van der Waals surface area contributed by atoms with Crippen LogP contribution >= 0.6 is 34.2 Å². The molecule has 4 N–H and O–H groups in total. The first kappa shape index (κ1) is 16.7. The number of benzene rings is 1. The predicted molar refractivity (Wildman–Crippen MR) is 101 cm³/mol. The number of aromatic carboxylic acids is 1. The summed E-state index contributed by atoms with van der Waals surface area (Å²) < 4.78 is 0.759. The van der Waals surface area contributed by atoms with E-state index in [1.165, 1.54) is 0 Å². The molecule has 0 saturated heterocycles. The third kappa shape index (κ3) is 3.09. The maximum absolute atomic E-state index is 11.7. The van der Waals surface area contributed by atoms with E-state index in [1.807, 2.05) is 13.0 Å². The van der Waals surface area contributed by atoms with Crippen LogP contribution in [-0.2, 0) is 0 Å². The molecule has 0 radical (unpaired) electrons. The van der Waals surface area contributed by atoms with Gasteiger partial charge in [0.2, 0.25) is 5.95 Å². The van der Waals surface area contributed by atoms with Crippen LogP contribution in [-0.4, -0.2) is 26.0 Å². The fourth-order valence-corrected chi connectivity index (χ4v) is 3.12. The molecule has 0 aliphatic carbocycles. The minimum atomic E-state index is -1.04.